The molecule has 0 spiro atoms. The zero-order valence-corrected chi connectivity index (χ0v) is 14.3. The van der Waals surface area contributed by atoms with Crippen LogP contribution < -0.4 is 0 Å². The second-order valence-electron chi connectivity index (χ2n) is 6.03. The number of hydrogen-bond acceptors (Lipinski definition) is 1. The molecule has 1 unspecified atom stereocenters. The summed E-state index contributed by atoms with van der Waals surface area (Å²) in [6, 6.07) is 25.1. The minimum atomic E-state index is -4.64. The summed E-state index contributed by atoms with van der Waals surface area (Å²) in [6.45, 7) is 1.68. The van der Waals surface area contributed by atoms with Gasteiger partial charge in [-0.25, -0.2) is 0 Å². The third-order valence-electron chi connectivity index (χ3n) is 4.23. The minimum absolute atomic E-state index is 0.246. The quantitative estimate of drug-likeness (QED) is 0.478. The van der Waals surface area contributed by atoms with Crippen LogP contribution in [-0.4, -0.2) is 6.36 Å². The Balaban J connectivity index is 1.86. The van der Waals surface area contributed by atoms with Gasteiger partial charge in [0.15, 0.2) is 0 Å². The van der Waals surface area contributed by atoms with Gasteiger partial charge in [0.05, 0.1) is 6.10 Å². The highest BCUT2D eigenvalue weighted by atomic mass is 19.4. The average molecular weight is 356 g/mol. The van der Waals surface area contributed by atoms with Crippen molar-refractivity contribution in [3.63, 3.8) is 0 Å². The van der Waals surface area contributed by atoms with Crippen molar-refractivity contribution in [2.45, 2.75) is 25.8 Å². The summed E-state index contributed by atoms with van der Waals surface area (Å²) in [6.07, 6.45) is -5.40. The number of ether oxygens (including phenoxy) is 1. The lowest BCUT2D eigenvalue weighted by atomic mass is 9.97. The lowest BCUT2D eigenvalue weighted by Gasteiger charge is -2.19. The van der Waals surface area contributed by atoms with Gasteiger partial charge in [-0.15, -0.1) is 13.2 Å². The van der Waals surface area contributed by atoms with E-state index in [9.17, 15) is 13.2 Å². The molecule has 0 aliphatic rings. The molecule has 1 atom stereocenters. The normalized spacial score (nSPS) is 12.8. The van der Waals surface area contributed by atoms with E-state index >= 15 is 0 Å². The first-order valence-electron chi connectivity index (χ1n) is 8.46. The fourth-order valence-corrected chi connectivity index (χ4v) is 2.95. The number of halogens is 3. The Morgan fingerprint density at radius 1 is 0.731 bits per heavy atom. The molecule has 0 heterocycles. The molecule has 0 saturated carbocycles. The predicted molar refractivity (Wildman–Crippen MR) is 97.5 cm³/mol. The highest BCUT2D eigenvalue weighted by Gasteiger charge is 2.33. The van der Waals surface area contributed by atoms with Gasteiger partial charge in [-0.2, -0.15) is 0 Å². The van der Waals surface area contributed by atoms with Gasteiger partial charge in [0.1, 0.15) is 0 Å². The van der Waals surface area contributed by atoms with Crippen molar-refractivity contribution < 1.29 is 17.9 Å². The molecule has 0 aliphatic heterocycles. The first kappa shape index (κ1) is 18.2. The minimum Gasteiger partial charge on any atom is -0.284 e. The van der Waals surface area contributed by atoms with E-state index in [4.69, 9.17) is 0 Å². The van der Waals surface area contributed by atoms with E-state index < -0.39 is 12.5 Å². The summed E-state index contributed by atoms with van der Waals surface area (Å²) in [4.78, 5) is 0. The highest BCUT2D eigenvalue weighted by Crippen LogP contribution is 2.32. The maximum absolute atomic E-state index is 12.6. The maximum atomic E-state index is 12.6. The van der Waals surface area contributed by atoms with Crippen LogP contribution in [0.15, 0.2) is 78.9 Å². The molecular weight excluding hydrogens is 337 g/mol. The van der Waals surface area contributed by atoms with E-state index in [2.05, 4.69) is 4.74 Å². The van der Waals surface area contributed by atoms with Gasteiger partial charge in [0, 0.05) is 0 Å². The summed E-state index contributed by atoms with van der Waals surface area (Å²) >= 11 is 0. The molecule has 4 heteroatoms. The molecule has 0 radical (unpaired) electrons. The molecule has 1 nitrogen and oxygen atoms in total. The molecule has 134 valence electrons. The van der Waals surface area contributed by atoms with Gasteiger partial charge >= 0.3 is 6.36 Å². The number of rotatable bonds is 5. The second-order valence-corrected chi connectivity index (χ2v) is 6.03. The van der Waals surface area contributed by atoms with Gasteiger partial charge in [-0.3, -0.25) is 4.74 Å². The van der Waals surface area contributed by atoms with Crippen LogP contribution in [0, 0.1) is 0 Å². The monoisotopic (exact) mass is 356 g/mol. The van der Waals surface area contributed by atoms with Crippen molar-refractivity contribution in [1.29, 1.82) is 0 Å². The summed E-state index contributed by atoms with van der Waals surface area (Å²) in [5, 5.41) is 0. The summed E-state index contributed by atoms with van der Waals surface area (Å²) in [5.74, 6) is 0. The Morgan fingerprint density at radius 3 is 1.85 bits per heavy atom. The molecular formula is C22H19F3O. The topological polar surface area (TPSA) is 9.23 Å². The standard InChI is InChI=1S/C22H19F3O/c1-2-21(26-22(23,24)25)20-10-6-9-19(15-20)18-13-11-17(12-14-18)16-7-4-3-5-8-16/h3-15,21H,2H2,1H3. The zero-order valence-electron chi connectivity index (χ0n) is 14.3. The second kappa shape index (κ2) is 7.75. The predicted octanol–water partition coefficient (Wildman–Crippen LogP) is 7.01. The van der Waals surface area contributed by atoms with Crippen molar-refractivity contribution in [1.82, 2.24) is 0 Å². The van der Waals surface area contributed by atoms with Crippen LogP contribution in [0.2, 0.25) is 0 Å². The van der Waals surface area contributed by atoms with E-state index in [1.54, 1.807) is 25.1 Å². The average Bonchev–Trinajstić information content (AvgIpc) is 2.66. The first-order chi connectivity index (χ1) is 12.5. The smallest absolute Gasteiger partial charge is 0.284 e. The summed E-state index contributed by atoms with van der Waals surface area (Å²) in [7, 11) is 0. The van der Waals surface area contributed by atoms with Crippen LogP contribution in [0.4, 0.5) is 13.2 Å². The molecule has 3 aromatic rings. The Bertz CT molecular complexity index is 839. The SMILES string of the molecule is CCC(OC(F)(F)F)c1cccc(-c2ccc(-c3ccccc3)cc2)c1. The van der Waals surface area contributed by atoms with Crippen LogP contribution in [0.3, 0.4) is 0 Å². The van der Waals surface area contributed by atoms with E-state index in [0.717, 1.165) is 22.3 Å². The maximum Gasteiger partial charge on any atom is 0.523 e. The van der Waals surface area contributed by atoms with Crippen LogP contribution >= 0.6 is 0 Å². The van der Waals surface area contributed by atoms with Gasteiger partial charge < -0.3 is 0 Å². The lowest BCUT2D eigenvalue weighted by Crippen LogP contribution is -2.17. The Labute approximate surface area is 151 Å². The number of alkyl halides is 3. The van der Waals surface area contributed by atoms with Gasteiger partial charge in [-0.05, 0) is 40.3 Å². The Hall–Kier alpha value is -2.59. The molecule has 0 bridgehead atoms. The third kappa shape index (κ3) is 4.52. The molecule has 0 aliphatic carbocycles. The molecule has 0 N–H and O–H groups in total. The third-order valence-corrected chi connectivity index (χ3v) is 4.23. The fraction of sp³-hybridized carbons (Fsp3) is 0.182. The van der Waals surface area contributed by atoms with Crippen molar-refractivity contribution >= 4 is 0 Å². The first-order valence-corrected chi connectivity index (χ1v) is 8.46. The summed E-state index contributed by atoms with van der Waals surface area (Å²) in [5.41, 5.74) is 4.56. The van der Waals surface area contributed by atoms with E-state index in [-0.39, 0.29) is 6.42 Å². The molecule has 0 saturated heterocycles. The molecule has 26 heavy (non-hydrogen) atoms. The molecule has 0 aromatic heterocycles. The van der Waals surface area contributed by atoms with E-state index in [1.165, 1.54) is 0 Å². The number of hydrogen-bond donors (Lipinski definition) is 0. The van der Waals surface area contributed by atoms with Crippen molar-refractivity contribution in [3.05, 3.63) is 84.4 Å². The van der Waals surface area contributed by atoms with E-state index in [0.29, 0.717) is 5.56 Å². The zero-order chi connectivity index (χ0) is 18.6. The van der Waals surface area contributed by atoms with Gasteiger partial charge in [0.2, 0.25) is 0 Å². The van der Waals surface area contributed by atoms with Crippen LogP contribution in [0.5, 0.6) is 0 Å². The molecule has 0 fully saturated rings. The number of benzene rings is 3. The Kier molecular flexibility index (Phi) is 5.43. The molecule has 3 rings (SSSR count). The largest absolute Gasteiger partial charge is 0.523 e. The van der Waals surface area contributed by atoms with Crippen molar-refractivity contribution in [3.8, 4) is 22.3 Å². The highest BCUT2D eigenvalue weighted by molar-refractivity contribution is 5.70. The molecule has 3 aromatic carbocycles. The summed E-state index contributed by atoms with van der Waals surface area (Å²) < 4.78 is 42.0. The van der Waals surface area contributed by atoms with E-state index in [1.807, 2.05) is 60.7 Å². The van der Waals surface area contributed by atoms with Crippen LogP contribution in [-0.2, 0) is 4.74 Å². The fourth-order valence-electron chi connectivity index (χ4n) is 2.95. The lowest BCUT2D eigenvalue weighted by molar-refractivity contribution is -0.345. The van der Waals surface area contributed by atoms with Crippen molar-refractivity contribution in [2.24, 2.45) is 0 Å². The molecule has 0 amide bonds. The Morgan fingerprint density at radius 2 is 1.27 bits per heavy atom. The van der Waals surface area contributed by atoms with Gasteiger partial charge in [0.25, 0.3) is 0 Å². The van der Waals surface area contributed by atoms with Crippen molar-refractivity contribution in [2.75, 3.05) is 0 Å². The van der Waals surface area contributed by atoms with Crippen LogP contribution in [0.1, 0.15) is 25.0 Å². The van der Waals surface area contributed by atoms with Crippen LogP contribution in [0.25, 0.3) is 22.3 Å². The van der Waals surface area contributed by atoms with Gasteiger partial charge in [-0.1, -0.05) is 79.7 Å².